The summed E-state index contributed by atoms with van der Waals surface area (Å²) in [4.78, 5) is 9.32. The van der Waals surface area contributed by atoms with Crippen LogP contribution in [-0.2, 0) is 13.0 Å². The maximum atomic E-state index is 5.68. The van der Waals surface area contributed by atoms with E-state index >= 15 is 0 Å². The number of nitrogens with zero attached hydrogens (tertiary/aromatic N) is 3. The van der Waals surface area contributed by atoms with Gasteiger partial charge in [0.25, 0.3) is 0 Å². The van der Waals surface area contributed by atoms with Gasteiger partial charge in [-0.05, 0) is 32.0 Å². The number of ether oxygens (including phenoxy) is 1. The number of imidazole rings is 1. The number of nitrogens with one attached hydrogen (secondary N) is 2. The van der Waals surface area contributed by atoms with Gasteiger partial charge in [0.2, 0.25) is 0 Å². The predicted molar refractivity (Wildman–Crippen MR) is 125 cm³/mol. The van der Waals surface area contributed by atoms with E-state index in [-0.39, 0.29) is 24.0 Å². The van der Waals surface area contributed by atoms with E-state index in [9.17, 15) is 0 Å². The van der Waals surface area contributed by atoms with Crippen molar-refractivity contribution in [3.05, 3.63) is 66.1 Å². The normalized spacial score (nSPS) is 11.1. The summed E-state index contributed by atoms with van der Waals surface area (Å²) in [7, 11) is 0. The van der Waals surface area contributed by atoms with Crippen molar-refractivity contribution < 1.29 is 4.74 Å². The third-order valence-corrected chi connectivity index (χ3v) is 4.11. The van der Waals surface area contributed by atoms with Crippen molar-refractivity contribution in [2.24, 2.45) is 4.99 Å². The van der Waals surface area contributed by atoms with Crippen molar-refractivity contribution in [2.75, 3.05) is 19.7 Å². The quantitative estimate of drug-likeness (QED) is 0.286. The van der Waals surface area contributed by atoms with Gasteiger partial charge in [0, 0.05) is 37.5 Å². The molecule has 28 heavy (non-hydrogen) atoms. The molecule has 2 N–H and O–H groups in total. The maximum Gasteiger partial charge on any atom is 0.191 e. The molecular formula is C21H28IN5O. The number of hydrogen-bond acceptors (Lipinski definition) is 3. The van der Waals surface area contributed by atoms with Crippen molar-refractivity contribution in [1.29, 1.82) is 0 Å². The lowest BCUT2D eigenvalue weighted by molar-refractivity contribution is 0.336. The highest BCUT2D eigenvalue weighted by Crippen LogP contribution is 2.18. The molecule has 0 spiro atoms. The lowest BCUT2D eigenvalue weighted by Gasteiger charge is -2.12. The molecule has 3 aromatic rings. The Bertz CT molecular complexity index is 860. The molecule has 6 nitrogen and oxygen atoms in total. The van der Waals surface area contributed by atoms with Crippen molar-refractivity contribution in [3.8, 4) is 5.75 Å². The number of benzene rings is 1. The average Bonchev–Trinajstić information content (AvgIpc) is 3.10. The lowest BCUT2D eigenvalue weighted by atomic mass is 10.2. The first kappa shape index (κ1) is 22.0. The number of aromatic nitrogens is 2. The van der Waals surface area contributed by atoms with Crippen LogP contribution in [0.2, 0.25) is 0 Å². The zero-order chi connectivity index (χ0) is 18.9. The summed E-state index contributed by atoms with van der Waals surface area (Å²) < 4.78 is 7.72. The molecule has 0 saturated heterocycles. The molecule has 0 fully saturated rings. The molecule has 0 unspecified atom stereocenters. The fourth-order valence-corrected chi connectivity index (χ4v) is 2.85. The third-order valence-electron chi connectivity index (χ3n) is 4.11. The van der Waals surface area contributed by atoms with Crippen LogP contribution >= 0.6 is 24.0 Å². The molecule has 1 aromatic carbocycles. The number of halogens is 1. The molecule has 2 heterocycles. The Balaban J connectivity index is 0.00000280. The minimum absolute atomic E-state index is 0. The molecule has 0 bridgehead atoms. The van der Waals surface area contributed by atoms with E-state index in [0.29, 0.717) is 13.2 Å². The van der Waals surface area contributed by atoms with Crippen molar-refractivity contribution in [3.63, 3.8) is 0 Å². The molecule has 150 valence electrons. The van der Waals surface area contributed by atoms with Gasteiger partial charge in [-0.2, -0.15) is 0 Å². The lowest BCUT2D eigenvalue weighted by Crippen LogP contribution is -2.38. The van der Waals surface area contributed by atoms with Crippen molar-refractivity contribution in [2.45, 2.75) is 26.8 Å². The minimum atomic E-state index is 0. The first-order chi connectivity index (χ1) is 13.3. The molecule has 0 saturated carbocycles. The molecule has 0 amide bonds. The van der Waals surface area contributed by atoms with Crippen molar-refractivity contribution in [1.82, 2.24) is 20.0 Å². The van der Waals surface area contributed by atoms with Crippen LogP contribution in [0.3, 0.4) is 0 Å². The molecule has 3 rings (SSSR count). The zero-order valence-electron chi connectivity index (χ0n) is 16.4. The van der Waals surface area contributed by atoms with E-state index in [1.165, 1.54) is 0 Å². The third kappa shape index (κ3) is 6.12. The zero-order valence-corrected chi connectivity index (χ0v) is 18.7. The highest BCUT2D eigenvalue weighted by Gasteiger charge is 2.04. The van der Waals surface area contributed by atoms with E-state index < -0.39 is 0 Å². The van der Waals surface area contributed by atoms with E-state index in [4.69, 9.17) is 4.74 Å². The Morgan fingerprint density at radius 3 is 2.71 bits per heavy atom. The SMILES string of the molecule is CCNC(=NCc1ccccc1OCC)NCCc1cn2ccccc2n1.I. The first-order valence-electron chi connectivity index (χ1n) is 9.45. The fourth-order valence-electron chi connectivity index (χ4n) is 2.85. The van der Waals surface area contributed by atoms with Gasteiger partial charge < -0.3 is 19.8 Å². The number of rotatable bonds is 8. The molecule has 2 aromatic heterocycles. The smallest absolute Gasteiger partial charge is 0.191 e. The van der Waals surface area contributed by atoms with Crippen LogP contribution in [0.5, 0.6) is 5.75 Å². The number of pyridine rings is 1. The summed E-state index contributed by atoms with van der Waals surface area (Å²) in [5, 5.41) is 6.67. The van der Waals surface area contributed by atoms with Crippen LogP contribution in [0.4, 0.5) is 0 Å². The van der Waals surface area contributed by atoms with Crippen LogP contribution in [0, 0.1) is 0 Å². The number of fused-ring (bicyclic) bond motifs is 1. The van der Waals surface area contributed by atoms with Gasteiger partial charge in [-0.25, -0.2) is 9.98 Å². The van der Waals surface area contributed by atoms with Crippen LogP contribution in [0.1, 0.15) is 25.1 Å². The summed E-state index contributed by atoms with van der Waals surface area (Å²) >= 11 is 0. The minimum Gasteiger partial charge on any atom is -0.494 e. The van der Waals surface area contributed by atoms with E-state index in [1.54, 1.807) is 0 Å². The second-order valence-electron chi connectivity index (χ2n) is 6.11. The number of aliphatic imine (C=N–C) groups is 1. The van der Waals surface area contributed by atoms with Gasteiger partial charge in [-0.1, -0.05) is 24.3 Å². The summed E-state index contributed by atoms with van der Waals surface area (Å²) in [6.45, 7) is 6.85. The molecule has 0 radical (unpaired) electrons. The standard InChI is InChI=1S/C21H27N5O.HI/c1-3-22-21(24-15-17-9-5-6-10-19(17)27-4-2)23-13-12-18-16-26-14-8-7-11-20(26)25-18;/h5-11,14,16H,3-4,12-13,15H2,1-2H3,(H2,22,23,24);1H. The molecule has 0 aliphatic carbocycles. The van der Waals surface area contributed by atoms with Crippen LogP contribution in [-0.4, -0.2) is 35.0 Å². The van der Waals surface area contributed by atoms with Gasteiger partial charge in [0.1, 0.15) is 11.4 Å². The van der Waals surface area contributed by atoms with Crippen LogP contribution in [0.15, 0.2) is 59.9 Å². The van der Waals surface area contributed by atoms with Gasteiger partial charge in [0.15, 0.2) is 5.96 Å². The highest BCUT2D eigenvalue weighted by atomic mass is 127. The Morgan fingerprint density at radius 1 is 1.11 bits per heavy atom. The monoisotopic (exact) mass is 493 g/mol. The second kappa shape index (κ2) is 11.5. The largest absolute Gasteiger partial charge is 0.494 e. The number of para-hydroxylation sites is 1. The summed E-state index contributed by atoms with van der Waals surface area (Å²) in [6.07, 6.45) is 4.92. The summed E-state index contributed by atoms with van der Waals surface area (Å²) in [5.41, 5.74) is 3.11. The Kier molecular flexibility index (Phi) is 9.06. The van der Waals surface area contributed by atoms with E-state index in [2.05, 4.69) is 39.8 Å². The topological polar surface area (TPSA) is 63.0 Å². The molecule has 0 atom stereocenters. The van der Waals surface area contributed by atoms with Gasteiger partial charge in [0.05, 0.1) is 18.8 Å². The highest BCUT2D eigenvalue weighted by molar-refractivity contribution is 14.0. The number of hydrogen-bond donors (Lipinski definition) is 2. The molecule has 7 heteroatoms. The van der Waals surface area contributed by atoms with Crippen LogP contribution in [0.25, 0.3) is 5.65 Å². The Morgan fingerprint density at radius 2 is 1.93 bits per heavy atom. The number of guanidine groups is 1. The molecular weight excluding hydrogens is 465 g/mol. The van der Waals surface area contributed by atoms with Gasteiger partial charge in [-0.15, -0.1) is 24.0 Å². The Hall–Kier alpha value is -2.29. The Labute approximate surface area is 183 Å². The van der Waals surface area contributed by atoms with E-state index in [1.807, 2.05) is 53.9 Å². The van der Waals surface area contributed by atoms with E-state index in [0.717, 1.165) is 48.1 Å². The van der Waals surface area contributed by atoms with Crippen molar-refractivity contribution >= 4 is 35.6 Å². The molecule has 0 aliphatic heterocycles. The molecule has 0 aliphatic rings. The maximum absolute atomic E-state index is 5.68. The van der Waals surface area contributed by atoms with Crippen LogP contribution < -0.4 is 15.4 Å². The van der Waals surface area contributed by atoms with Gasteiger partial charge in [-0.3, -0.25) is 0 Å². The predicted octanol–water partition coefficient (Wildman–Crippen LogP) is 3.65. The average molecular weight is 493 g/mol. The van der Waals surface area contributed by atoms with Gasteiger partial charge >= 0.3 is 0 Å². The summed E-state index contributed by atoms with van der Waals surface area (Å²) in [5.74, 6) is 1.69. The summed E-state index contributed by atoms with van der Waals surface area (Å²) in [6, 6.07) is 14.0. The fraction of sp³-hybridized carbons (Fsp3) is 0.333. The first-order valence-corrected chi connectivity index (χ1v) is 9.45. The second-order valence-corrected chi connectivity index (χ2v) is 6.11.